The highest BCUT2D eigenvalue weighted by Gasteiger charge is 2.08. The van der Waals surface area contributed by atoms with Crippen LogP contribution in [0.4, 0.5) is 5.69 Å². The summed E-state index contributed by atoms with van der Waals surface area (Å²) in [6, 6.07) is 22.5. The van der Waals surface area contributed by atoms with E-state index in [1.54, 1.807) is 7.11 Å². The monoisotopic (exact) mass is 402 g/mol. The zero-order valence-electron chi connectivity index (χ0n) is 16.6. The SMILES string of the molecule is COc1ccc(OCCCC(=O)Nc2ccc(-c3nc4ccccc4o3)cc2)cc1. The molecule has 30 heavy (non-hydrogen) atoms. The van der Waals surface area contributed by atoms with Crippen LogP contribution in [-0.4, -0.2) is 24.6 Å². The number of nitrogens with zero attached hydrogens (tertiary/aromatic N) is 1. The standard InChI is InChI=1S/C24H22N2O4/c1-28-19-12-14-20(15-13-19)29-16-4-7-23(27)25-18-10-8-17(9-11-18)24-26-21-5-2-3-6-22(21)30-24/h2-3,5-6,8-15H,4,7,16H2,1H3,(H,25,27). The van der Waals surface area contributed by atoms with Crippen molar-refractivity contribution in [2.24, 2.45) is 0 Å². The average molecular weight is 402 g/mol. The third kappa shape index (κ3) is 4.78. The van der Waals surface area contributed by atoms with Crippen LogP contribution < -0.4 is 14.8 Å². The Balaban J connectivity index is 1.25. The van der Waals surface area contributed by atoms with E-state index in [4.69, 9.17) is 13.9 Å². The number of aromatic nitrogens is 1. The van der Waals surface area contributed by atoms with Gasteiger partial charge in [0, 0.05) is 17.7 Å². The van der Waals surface area contributed by atoms with Crippen molar-refractivity contribution in [2.45, 2.75) is 12.8 Å². The number of hydrogen-bond donors (Lipinski definition) is 1. The molecule has 4 rings (SSSR count). The first-order chi connectivity index (χ1) is 14.7. The number of fused-ring (bicyclic) bond motifs is 1. The second kappa shape index (κ2) is 9.13. The summed E-state index contributed by atoms with van der Waals surface area (Å²) in [6.45, 7) is 0.469. The van der Waals surface area contributed by atoms with Gasteiger partial charge in [0.15, 0.2) is 5.58 Å². The first-order valence-electron chi connectivity index (χ1n) is 9.74. The van der Waals surface area contributed by atoms with Crippen molar-refractivity contribution in [1.29, 1.82) is 0 Å². The van der Waals surface area contributed by atoms with Crippen LogP contribution in [0.5, 0.6) is 11.5 Å². The summed E-state index contributed by atoms with van der Waals surface area (Å²) in [7, 11) is 1.62. The molecule has 0 aliphatic heterocycles. The number of hydrogen-bond acceptors (Lipinski definition) is 5. The molecule has 0 saturated carbocycles. The molecule has 0 radical (unpaired) electrons. The predicted octanol–water partition coefficient (Wildman–Crippen LogP) is 5.30. The number of carbonyl (C=O) groups excluding carboxylic acids is 1. The lowest BCUT2D eigenvalue weighted by Crippen LogP contribution is -2.12. The summed E-state index contributed by atoms with van der Waals surface area (Å²) in [5.74, 6) is 2.04. The molecule has 0 aliphatic carbocycles. The number of methoxy groups -OCH3 is 1. The molecule has 1 aromatic heterocycles. The molecule has 0 atom stereocenters. The predicted molar refractivity (Wildman–Crippen MR) is 116 cm³/mol. The minimum atomic E-state index is -0.0528. The van der Waals surface area contributed by atoms with Gasteiger partial charge in [-0.15, -0.1) is 0 Å². The summed E-state index contributed by atoms with van der Waals surface area (Å²) in [4.78, 5) is 16.6. The molecule has 4 aromatic rings. The molecular formula is C24H22N2O4. The Labute approximate surface area is 174 Å². The van der Waals surface area contributed by atoms with Gasteiger partial charge in [0.2, 0.25) is 11.8 Å². The Morgan fingerprint density at radius 1 is 0.967 bits per heavy atom. The van der Waals surface area contributed by atoms with Crippen LogP contribution in [0.1, 0.15) is 12.8 Å². The Hall–Kier alpha value is -3.80. The number of nitrogens with one attached hydrogen (secondary N) is 1. The van der Waals surface area contributed by atoms with Gasteiger partial charge in [-0.1, -0.05) is 12.1 Å². The van der Waals surface area contributed by atoms with Crippen molar-refractivity contribution in [1.82, 2.24) is 4.98 Å². The van der Waals surface area contributed by atoms with Gasteiger partial charge in [-0.05, 0) is 67.1 Å². The number of carbonyl (C=O) groups is 1. The van der Waals surface area contributed by atoms with Crippen molar-refractivity contribution in [3.63, 3.8) is 0 Å². The summed E-state index contributed by atoms with van der Waals surface area (Å²) in [5, 5.41) is 2.90. The van der Waals surface area contributed by atoms with Gasteiger partial charge in [-0.25, -0.2) is 4.98 Å². The summed E-state index contributed by atoms with van der Waals surface area (Å²) in [6.07, 6.45) is 1.00. The highest BCUT2D eigenvalue weighted by Crippen LogP contribution is 2.25. The van der Waals surface area contributed by atoms with E-state index in [0.717, 1.165) is 33.8 Å². The van der Waals surface area contributed by atoms with Crippen LogP contribution in [0.3, 0.4) is 0 Å². The highest BCUT2D eigenvalue weighted by molar-refractivity contribution is 5.91. The highest BCUT2D eigenvalue weighted by atomic mass is 16.5. The molecule has 0 saturated heterocycles. The van der Waals surface area contributed by atoms with E-state index in [2.05, 4.69) is 10.3 Å². The number of oxazole rings is 1. The van der Waals surface area contributed by atoms with Crippen LogP contribution in [0.25, 0.3) is 22.6 Å². The second-order valence-electron chi connectivity index (χ2n) is 6.74. The van der Waals surface area contributed by atoms with E-state index in [1.807, 2.05) is 72.8 Å². The molecule has 0 fully saturated rings. The first-order valence-corrected chi connectivity index (χ1v) is 9.74. The fraction of sp³-hybridized carbons (Fsp3) is 0.167. The fourth-order valence-corrected chi connectivity index (χ4v) is 3.01. The van der Waals surface area contributed by atoms with Gasteiger partial charge in [-0.3, -0.25) is 4.79 Å². The minimum absolute atomic E-state index is 0.0528. The zero-order chi connectivity index (χ0) is 20.8. The molecule has 0 unspecified atom stereocenters. The molecule has 0 aliphatic rings. The minimum Gasteiger partial charge on any atom is -0.497 e. The maximum atomic E-state index is 12.2. The molecule has 0 spiro atoms. The van der Waals surface area contributed by atoms with E-state index in [1.165, 1.54) is 0 Å². The molecule has 6 nitrogen and oxygen atoms in total. The van der Waals surface area contributed by atoms with E-state index in [-0.39, 0.29) is 5.91 Å². The molecule has 152 valence electrons. The first kappa shape index (κ1) is 19.5. The lowest BCUT2D eigenvalue weighted by atomic mass is 10.2. The van der Waals surface area contributed by atoms with Crippen LogP contribution in [0.15, 0.2) is 77.2 Å². The zero-order valence-corrected chi connectivity index (χ0v) is 16.6. The van der Waals surface area contributed by atoms with E-state index < -0.39 is 0 Å². The fourth-order valence-electron chi connectivity index (χ4n) is 3.01. The van der Waals surface area contributed by atoms with E-state index in [0.29, 0.717) is 25.3 Å². The number of amides is 1. The van der Waals surface area contributed by atoms with Gasteiger partial charge in [0.25, 0.3) is 0 Å². The Morgan fingerprint density at radius 2 is 1.70 bits per heavy atom. The smallest absolute Gasteiger partial charge is 0.227 e. The Morgan fingerprint density at radius 3 is 2.43 bits per heavy atom. The van der Waals surface area contributed by atoms with E-state index in [9.17, 15) is 4.79 Å². The van der Waals surface area contributed by atoms with Crippen LogP contribution >= 0.6 is 0 Å². The number of para-hydroxylation sites is 2. The molecule has 1 heterocycles. The quantitative estimate of drug-likeness (QED) is 0.405. The number of anilines is 1. The number of benzene rings is 3. The van der Waals surface area contributed by atoms with Crippen molar-refractivity contribution in [3.8, 4) is 23.0 Å². The van der Waals surface area contributed by atoms with E-state index >= 15 is 0 Å². The lowest BCUT2D eigenvalue weighted by Gasteiger charge is -2.08. The van der Waals surface area contributed by atoms with Gasteiger partial charge in [-0.2, -0.15) is 0 Å². The molecular weight excluding hydrogens is 380 g/mol. The molecule has 6 heteroatoms. The van der Waals surface area contributed by atoms with Crippen molar-refractivity contribution < 1.29 is 18.7 Å². The van der Waals surface area contributed by atoms with Crippen molar-refractivity contribution in [3.05, 3.63) is 72.8 Å². The summed E-state index contributed by atoms with van der Waals surface area (Å²) in [5.41, 5.74) is 3.16. The van der Waals surface area contributed by atoms with Crippen molar-refractivity contribution >= 4 is 22.7 Å². The normalized spacial score (nSPS) is 10.7. The van der Waals surface area contributed by atoms with Crippen molar-refractivity contribution in [2.75, 3.05) is 19.0 Å². The van der Waals surface area contributed by atoms with Crippen LogP contribution in [0.2, 0.25) is 0 Å². The summed E-state index contributed by atoms with van der Waals surface area (Å²) < 4.78 is 16.5. The molecule has 3 aromatic carbocycles. The molecule has 1 N–H and O–H groups in total. The third-order valence-electron chi connectivity index (χ3n) is 4.59. The number of rotatable bonds is 8. The van der Waals surface area contributed by atoms with Gasteiger partial charge < -0.3 is 19.2 Å². The Kier molecular flexibility index (Phi) is 5.94. The molecule has 0 bridgehead atoms. The third-order valence-corrected chi connectivity index (χ3v) is 4.59. The molecule has 1 amide bonds. The largest absolute Gasteiger partial charge is 0.497 e. The lowest BCUT2D eigenvalue weighted by molar-refractivity contribution is -0.116. The second-order valence-corrected chi connectivity index (χ2v) is 6.74. The van der Waals surface area contributed by atoms with Gasteiger partial charge in [0.1, 0.15) is 17.0 Å². The topological polar surface area (TPSA) is 73.6 Å². The average Bonchev–Trinajstić information content (AvgIpc) is 3.22. The van der Waals surface area contributed by atoms with Crippen LogP contribution in [0, 0.1) is 0 Å². The maximum absolute atomic E-state index is 12.2. The summed E-state index contributed by atoms with van der Waals surface area (Å²) >= 11 is 0. The van der Waals surface area contributed by atoms with Crippen LogP contribution in [-0.2, 0) is 4.79 Å². The van der Waals surface area contributed by atoms with Gasteiger partial charge in [0.05, 0.1) is 13.7 Å². The maximum Gasteiger partial charge on any atom is 0.227 e. The van der Waals surface area contributed by atoms with Gasteiger partial charge >= 0.3 is 0 Å². The Bertz CT molecular complexity index is 1090. The number of ether oxygens (including phenoxy) is 2.